The largest absolute Gasteiger partial charge is 0.458 e. The Morgan fingerprint density at radius 2 is 1.87 bits per heavy atom. The van der Waals surface area contributed by atoms with Crippen LogP contribution in [0.3, 0.4) is 0 Å². The molecule has 1 aliphatic rings. The number of piperazine rings is 1. The van der Waals surface area contributed by atoms with Gasteiger partial charge in [0.05, 0.1) is 11.8 Å². The number of sulfonamides is 1. The lowest BCUT2D eigenvalue weighted by Gasteiger charge is -2.38. The molecule has 10 heteroatoms. The number of aryl methyl sites for hydroxylation is 1. The minimum atomic E-state index is -3.69. The van der Waals surface area contributed by atoms with Crippen molar-refractivity contribution >= 4 is 15.9 Å². The van der Waals surface area contributed by atoms with Crippen molar-refractivity contribution in [3.63, 3.8) is 0 Å². The first-order valence-corrected chi connectivity index (χ1v) is 11.7. The van der Waals surface area contributed by atoms with Crippen LogP contribution in [-0.4, -0.2) is 84.9 Å². The van der Waals surface area contributed by atoms with Gasteiger partial charge in [-0.05, 0) is 19.8 Å². The fourth-order valence-electron chi connectivity index (χ4n) is 3.97. The van der Waals surface area contributed by atoms with E-state index in [0.29, 0.717) is 36.1 Å². The van der Waals surface area contributed by atoms with E-state index in [1.807, 2.05) is 0 Å². The summed E-state index contributed by atoms with van der Waals surface area (Å²) in [6.45, 7) is 8.30. The van der Waals surface area contributed by atoms with Crippen molar-refractivity contribution in [1.82, 2.24) is 24.3 Å². The van der Waals surface area contributed by atoms with Gasteiger partial charge < -0.3 is 9.32 Å². The highest BCUT2D eigenvalue weighted by Gasteiger charge is 2.33. The predicted molar refractivity (Wildman–Crippen MR) is 114 cm³/mol. The van der Waals surface area contributed by atoms with Crippen LogP contribution in [0.1, 0.15) is 42.8 Å². The molecule has 0 saturated carbocycles. The van der Waals surface area contributed by atoms with Crippen molar-refractivity contribution in [2.24, 2.45) is 0 Å². The molecule has 0 aromatic carbocycles. The number of aromatic amines is 1. The van der Waals surface area contributed by atoms with E-state index in [1.165, 1.54) is 21.5 Å². The van der Waals surface area contributed by atoms with Crippen LogP contribution in [0.25, 0.3) is 11.5 Å². The van der Waals surface area contributed by atoms with E-state index in [-0.39, 0.29) is 16.6 Å². The van der Waals surface area contributed by atoms with Gasteiger partial charge in [0.2, 0.25) is 10.0 Å². The van der Waals surface area contributed by atoms with Crippen LogP contribution in [0, 0.1) is 6.92 Å². The summed E-state index contributed by atoms with van der Waals surface area (Å²) in [5, 5.41) is 6.69. The number of nitrogens with zero attached hydrogens (tertiary/aromatic N) is 4. The summed E-state index contributed by atoms with van der Waals surface area (Å²) >= 11 is 0. The van der Waals surface area contributed by atoms with Crippen LogP contribution in [0.4, 0.5) is 0 Å². The van der Waals surface area contributed by atoms with Crippen molar-refractivity contribution < 1.29 is 17.6 Å². The van der Waals surface area contributed by atoms with Crippen molar-refractivity contribution in [2.75, 3.05) is 40.3 Å². The molecule has 30 heavy (non-hydrogen) atoms. The van der Waals surface area contributed by atoms with Gasteiger partial charge in [-0.2, -0.15) is 9.40 Å². The molecule has 3 rings (SSSR count). The zero-order valence-corrected chi connectivity index (χ0v) is 19.1. The Labute approximate surface area is 178 Å². The topological polar surface area (TPSA) is 103 Å². The zero-order valence-electron chi connectivity index (χ0n) is 18.3. The monoisotopic (exact) mass is 437 g/mol. The Hall–Kier alpha value is -2.17. The first kappa shape index (κ1) is 22.5. The highest BCUT2D eigenvalue weighted by Crippen LogP contribution is 2.31. The first-order chi connectivity index (χ1) is 14.2. The minimum Gasteiger partial charge on any atom is -0.458 e. The molecule has 1 saturated heterocycles. The average Bonchev–Trinajstić information content (AvgIpc) is 3.35. The maximum Gasteiger partial charge on any atom is 0.257 e. The van der Waals surface area contributed by atoms with Crippen molar-refractivity contribution in [3.05, 3.63) is 23.6 Å². The molecule has 1 N–H and O–H groups in total. The number of H-pyrrole nitrogens is 1. The van der Waals surface area contributed by atoms with E-state index in [2.05, 4.69) is 28.9 Å². The first-order valence-electron chi connectivity index (χ1n) is 10.3. The number of aromatic nitrogens is 2. The number of furan rings is 1. The van der Waals surface area contributed by atoms with E-state index in [9.17, 15) is 13.2 Å². The fraction of sp³-hybridized carbons (Fsp3) is 0.600. The standard InChI is InChI=1S/C20H31N5O4S/c1-6-15(7-2)24-8-10-25(11-9-24)30(27,28)18-12-17(29-14(18)3)19-16(13-21-22-19)20(26)23(4)5/h12-13,15H,6-11H2,1-5H3,(H,21,22). The number of hydrogen-bond acceptors (Lipinski definition) is 6. The maximum atomic E-state index is 13.3. The average molecular weight is 438 g/mol. The molecule has 1 fully saturated rings. The second-order valence-corrected chi connectivity index (χ2v) is 9.71. The summed E-state index contributed by atoms with van der Waals surface area (Å²) < 4.78 is 33.8. The van der Waals surface area contributed by atoms with Gasteiger partial charge in [-0.15, -0.1) is 0 Å². The molecule has 0 radical (unpaired) electrons. The number of rotatable bonds is 7. The molecular formula is C20H31N5O4S. The SMILES string of the molecule is CCC(CC)N1CCN(S(=O)(=O)c2cc(-c3[nH]ncc3C(=O)N(C)C)oc2C)CC1. The Kier molecular flexibility index (Phi) is 6.68. The van der Waals surface area contributed by atoms with Gasteiger partial charge in [-0.25, -0.2) is 8.42 Å². The lowest BCUT2D eigenvalue weighted by atomic mass is 10.1. The molecule has 2 aromatic rings. The van der Waals surface area contributed by atoms with Gasteiger partial charge >= 0.3 is 0 Å². The Bertz CT molecular complexity index is 983. The third-order valence-corrected chi connectivity index (χ3v) is 7.75. The van der Waals surface area contributed by atoms with Crippen molar-refractivity contribution in [2.45, 2.75) is 44.6 Å². The van der Waals surface area contributed by atoms with Gasteiger partial charge in [0, 0.05) is 52.4 Å². The van der Waals surface area contributed by atoms with Crippen LogP contribution < -0.4 is 0 Å². The van der Waals surface area contributed by atoms with Crippen molar-refractivity contribution in [3.8, 4) is 11.5 Å². The van der Waals surface area contributed by atoms with Crippen LogP contribution in [0.2, 0.25) is 0 Å². The summed E-state index contributed by atoms with van der Waals surface area (Å²) in [5.74, 6) is 0.337. The highest BCUT2D eigenvalue weighted by atomic mass is 32.2. The summed E-state index contributed by atoms with van der Waals surface area (Å²) in [4.78, 5) is 16.3. The second kappa shape index (κ2) is 8.91. The van der Waals surface area contributed by atoms with Gasteiger partial charge in [0.1, 0.15) is 16.3 Å². The zero-order chi connectivity index (χ0) is 22.1. The molecule has 166 valence electrons. The van der Waals surface area contributed by atoms with Crippen molar-refractivity contribution in [1.29, 1.82) is 0 Å². The van der Waals surface area contributed by atoms with E-state index in [1.54, 1.807) is 21.0 Å². The molecule has 1 amide bonds. The molecule has 0 spiro atoms. The third-order valence-electron chi connectivity index (χ3n) is 5.74. The normalized spacial score (nSPS) is 16.3. The van der Waals surface area contributed by atoms with E-state index >= 15 is 0 Å². The summed E-state index contributed by atoms with van der Waals surface area (Å²) in [7, 11) is -0.407. The molecule has 2 aromatic heterocycles. The molecule has 1 aliphatic heterocycles. The Morgan fingerprint density at radius 3 is 2.43 bits per heavy atom. The van der Waals surface area contributed by atoms with Gasteiger partial charge in [0.15, 0.2) is 5.76 Å². The minimum absolute atomic E-state index is 0.131. The fourth-order valence-corrected chi connectivity index (χ4v) is 5.56. The van der Waals surface area contributed by atoms with Crippen LogP contribution in [0.15, 0.2) is 21.6 Å². The van der Waals surface area contributed by atoms with Crippen LogP contribution in [0.5, 0.6) is 0 Å². The van der Waals surface area contributed by atoms with Crippen LogP contribution >= 0.6 is 0 Å². The number of nitrogens with one attached hydrogen (secondary N) is 1. The van der Waals surface area contributed by atoms with E-state index < -0.39 is 10.0 Å². The van der Waals surface area contributed by atoms with Gasteiger partial charge in [-0.1, -0.05) is 13.8 Å². The smallest absolute Gasteiger partial charge is 0.257 e. The number of hydrogen-bond donors (Lipinski definition) is 1. The molecule has 0 bridgehead atoms. The van der Waals surface area contributed by atoms with E-state index in [0.717, 1.165) is 25.9 Å². The third kappa shape index (κ3) is 4.17. The maximum absolute atomic E-state index is 13.3. The number of carbonyl (C=O) groups excluding carboxylic acids is 1. The van der Waals surface area contributed by atoms with Gasteiger partial charge in [-0.3, -0.25) is 14.8 Å². The van der Waals surface area contributed by atoms with Gasteiger partial charge in [0.25, 0.3) is 5.91 Å². The molecule has 0 unspecified atom stereocenters. The summed E-state index contributed by atoms with van der Waals surface area (Å²) in [5.41, 5.74) is 0.702. The van der Waals surface area contributed by atoms with E-state index in [4.69, 9.17) is 4.42 Å². The second-order valence-electron chi connectivity index (χ2n) is 7.80. The van der Waals surface area contributed by atoms with Crippen LogP contribution in [-0.2, 0) is 10.0 Å². The molecular weight excluding hydrogens is 406 g/mol. The highest BCUT2D eigenvalue weighted by molar-refractivity contribution is 7.89. The Morgan fingerprint density at radius 1 is 1.23 bits per heavy atom. The quantitative estimate of drug-likeness (QED) is 0.712. The summed E-state index contributed by atoms with van der Waals surface area (Å²) in [6.07, 6.45) is 3.54. The molecule has 0 atom stereocenters. The molecule has 9 nitrogen and oxygen atoms in total. The number of amides is 1. The lowest BCUT2D eigenvalue weighted by Crippen LogP contribution is -2.51. The summed E-state index contributed by atoms with van der Waals surface area (Å²) in [6, 6.07) is 1.97. The molecule has 3 heterocycles. The predicted octanol–water partition coefficient (Wildman–Crippen LogP) is 2.17. The molecule has 0 aliphatic carbocycles. The number of carbonyl (C=O) groups is 1. The lowest BCUT2D eigenvalue weighted by molar-refractivity contribution is 0.0828. The Balaban J connectivity index is 1.84.